The molecule has 1 N–H and O–H groups in total. The van der Waals surface area contributed by atoms with Crippen LogP contribution in [0.5, 0.6) is 0 Å². The third kappa shape index (κ3) is 3.87. The number of anilines is 1. The maximum Gasteiger partial charge on any atom is 0.234 e. The lowest BCUT2D eigenvalue weighted by atomic mass is 10.2. The molecular formula is C15H18FN5OS. The van der Waals surface area contributed by atoms with Crippen LogP contribution in [0.25, 0.3) is 0 Å². The Morgan fingerprint density at radius 3 is 2.96 bits per heavy atom. The van der Waals surface area contributed by atoms with E-state index in [9.17, 15) is 9.18 Å². The smallest absolute Gasteiger partial charge is 0.234 e. The van der Waals surface area contributed by atoms with Gasteiger partial charge in [-0.1, -0.05) is 30.7 Å². The monoisotopic (exact) mass is 335 g/mol. The summed E-state index contributed by atoms with van der Waals surface area (Å²) < 4.78 is 15.5. The molecule has 0 spiro atoms. The van der Waals surface area contributed by atoms with E-state index in [-0.39, 0.29) is 17.3 Å². The Hall–Kier alpha value is -1.96. The number of hydrogen-bond donors (Lipinski definition) is 1. The molecule has 0 atom stereocenters. The number of nitrogens with one attached hydrogen (secondary N) is 1. The number of carbonyl (C=O) groups excluding carboxylic acids is 1. The molecule has 1 amide bonds. The minimum atomic E-state index is -0.431. The van der Waals surface area contributed by atoms with Crippen LogP contribution in [0.15, 0.2) is 23.4 Å². The van der Waals surface area contributed by atoms with Gasteiger partial charge in [-0.2, -0.15) is 0 Å². The van der Waals surface area contributed by atoms with Crippen molar-refractivity contribution >= 4 is 23.4 Å². The lowest BCUT2D eigenvalue weighted by Crippen LogP contribution is -2.16. The Morgan fingerprint density at radius 2 is 2.22 bits per heavy atom. The highest BCUT2D eigenvalue weighted by molar-refractivity contribution is 7.99. The number of thioether (sulfide) groups is 1. The highest BCUT2D eigenvalue weighted by Gasteiger charge is 2.22. The fourth-order valence-electron chi connectivity index (χ4n) is 2.70. The third-order valence-corrected chi connectivity index (χ3v) is 4.80. The fraction of sp³-hybridized carbons (Fsp3) is 0.467. The second-order valence-corrected chi connectivity index (χ2v) is 6.61. The summed E-state index contributed by atoms with van der Waals surface area (Å²) in [5.74, 6) is -0.571. The first kappa shape index (κ1) is 15.9. The van der Waals surface area contributed by atoms with Crippen LogP contribution in [0.4, 0.5) is 10.1 Å². The first-order valence-corrected chi connectivity index (χ1v) is 8.59. The number of benzene rings is 1. The summed E-state index contributed by atoms with van der Waals surface area (Å²) in [5.41, 5.74) is 1.00. The number of carbonyl (C=O) groups is 1. The number of halogens is 1. The molecule has 6 nitrogen and oxygen atoms in total. The van der Waals surface area contributed by atoms with E-state index in [1.165, 1.54) is 30.7 Å². The molecule has 1 aromatic heterocycles. The van der Waals surface area contributed by atoms with Gasteiger partial charge in [0, 0.05) is 0 Å². The first-order valence-electron chi connectivity index (χ1n) is 7.60. The van der Waals surface area contributed by atoms with Gasteiger partial charge < -0.3 is 5.32 Å². The molecule has 0 unspecified atom stereocenters. The van der Waals surface area contributed by atoms with Crippen LogP contribution < -0.4 is 5.32 Å². The molecule has 1 heterocycles. The molecular weight excluding hydrogens is 317 g/mol. The third-order valence-electron chi connectivity index (χ3n) is 3.86. The molecule has 122 valence electrons. The molecule has 1 fully saturated rings. The van der Waals surface area contributed by atoms with Crippen molar-refractivity contribution in [3.63, 3.8) is 0 Å². The second kappa shape index (κ2) is 7.08. The SMILES string of the molecule is Cc1ccc(NC(=O)CSc2nnnn2C2CCCC2)c(F)c1. The van der Waals surface area contributed by atoms with Crippen molar-refractivity contribution < 1.29 is 9.18 Å². The molecule has 1 aliphatic carbocycles. The van der Waals surface area contributed by atoms with E-state index in [1.807, 2.05) is 0 Å². The number of nitrogens with zero attached hydrogens (tertiary/aromatic N) is 4. The Balaban J connectivity index is 1.58. The summed E-state index contributed by atoms with van der Waals surface area (Å²) in [6, 6.07) is 5.04. The van der Waals surface area contributed by atoms with Gasteiger partial charge in [-0.25, -0.2) is 9.07 Å². The van der Waals surface area contributed by atoms with Crippen LogP contribution in [0.1, 0.15) is 37.3 Å². The molecule has 1 saturated carbocycles. The Kier molecular flexibility index (Phi) is 4.90. The molecule has 0 bridgehead atoms. The Morgan fingerprint density at radius 1 is 1.43 bits per heavy atom. The van der Waals surface area contributed by atoms with Gasteiger partial charge in [-0.3, -0.25) is 4.79 Å². The fourth-order valence-corrected chi connectivity index (χ4v) is 3.44. The molecule has 3 rings (SSSR count). The lowest BCUT2D eigenvalue weighted by molar-refractivity contribution is -0.113. The zero-order valence-electron chi connectivity index (χ0n) is 12.8. The summed E-state index contributed by atoms with van der Waals surface area (Å²) in [6.07, 6.45) is 4.50. The van der Waals surface area contributed by atoms with Crippen molar-refractivity contribution in [2.45, 2.75) is 43.8 Å². The van der Waals surface area contributed by atoms with E-state index >= 15 is 0 Å². The molecule has 0 aliphatic heterocycles. The van der Waals surface area contributed by atoms with Crippen LogP contribution >= 0.6 is 11.8 Å². The van der Waals surface area contributed by atoms with Gasteiger partial charge in [-0.15, -0.1) is 5.10 Å². The van der Waals surface area contributed by atoms with Crippen molar-refractivity contribution in [3.05, 3.63) is 29.6 Å². The van der Waals surface area contributed by atoms with Gasteiger partial charge in [0.25, 0.3) is 0 Å². The molecule has 1 aliphatic rings. The largest absolute Gasteiger partial charge is 0.323 e. The predicted molar refractivity (Wildman–Crippen MR) is 85.8 cm³/mol. The van der Waals surface area contributed by atoms with E-state index < -0.39 is 5.82 Å². The number of hydrogen-bond acceptors (Lipinski definition) is 5. The maximum absolute atomic E-state index is 13.7. The number of amides is 1. The molecule has 23 heavy (non-hydrogen) atoms. The minimum Gasteiger partial charge on any atom is -0.323 e. The number of aromatic nitrogens is 4. The van der Waals surface area contributed by atoms with Gasteiger partial charge >= 0.3 is 0 Å². The zero-order chi connectivity index (χ0) is 16.2. The topological polar surface area (TPSA) is 72.7 Å². The second-order valence-electron chi connectivity index (χ2n) is 5.66. The summed E-state index contributed by atoms with van der Waals surface area (Å²) in [4.78, 5) is 12.0. The van der Waals surface area contributed by atoms with Crippen LogP contribution in [0.3, 0.4) is 0 Å². The van der Waals surface area contributed by atoms with E-state index in [0.717, 1.165) is 18.4 Å². The zero-order valence-corrected chi connectivity index (χ0v) is 13.6. The molecule has 1 aromatic carbocycles. The average Bonchev–Trinajstić information content (AvgIpc) is 3.18. The van der Waals surface area contributed by atoms with Crippen LogP contribution in [-0.4, -0.2) is 31.9 Å². The first-order chi connectivity index (χ1) is 11.1. The summed E-state index contributed by atoms with van der Waals surface area (Å²) in [6.45, 7) is 1.80. The van der Waals surface area contributed by atoms with E-state index in [1.54, 1.807) is 23.7 Å². The Bertz CT molecular complexity index is 699. The number of rotatable bonds is 5. The molecule has 0 radical (unpaired) electrons. The van der Waals surface area contributed by atoms with Gasteiger partial charge in [0.1, 0.15) is 5.82 Å². The highest BCUT2D eigenvalue weighted by Crippen LogP contribution is 2.31. The minimum absolute atomic E-state index is 0.139. The summed E-state index contributed by atoms with van der Waals surface area (Å²) in [5, 5.41) is 14.9. The Labute approximate surface area is 137 Å². The van der Waals surface area contributed by atoms with Gasteiger partial charge in [0.2, 0.25) is 11.1 Å². The van der Waals surface area contributed by atoms with Crippen molar-refractivity contribution in [1.29, 1.82) is 0 Å². The van der Waals surface area contributed by atoms with Crippen molar-refractivity contribution in [2.24, 2.45) is 0 Å². The van der Waals surface area contributed by atoms with Gasteiger partial charge in [0.05, 0.1) is 17.5 Å². The van der Waals surface area contributed by atoms with Crippen molar-refractivity contribution in [3.8, 4) is 0 Å². The molecule has 0 saturated heterocycles. The van der Waals surface area contributed by atoms with Crippen LogP contribution in [0.2, 0.25) is 0 Å². The van der Waals surface area contributed by atoms with Crippen molar-refractivity contribution in [1.82, 2.24) is 20.2 Å². The number of aryl methyl sites for hydroxylation is 1. The van der Waals surface area contributed by atoms with Crippen LogP contribution in [0, 0.1) is 12.7 Å². The number of tetrazole rings is 1. The standard InChI is InChI=1S/C15H18FN5OS/c1-10-6-7-13(12(16)8-10)17-14(22)9-23-15-18-19-20-21(15)11-4-2-3-5-11/h6-8,11H,2-5,9H2,1H3,(H,17,22). The molecule has 2 aromatic rings. The van der Waals surface area contributed by atoms with Gasteiger partial charge in [0.15, 0.2) is 0 Å². The highest BCUT2D eigenvalue weighted by atomic mass is 32.2. The van der Waals surface area contributed by atoms with Crippen LogP contribution in [-0.2, 0) is 4.79 Å². The van der Waals surface area contributed by atoms with E-state index in [4.69, 9.17) is 0 Å². The normalized spacial score (nSPS) is 15.0. The lowest BCUT2D eigenvalue weighted by Gasteiger charge is -2.11. The summed E-state index contributed by atoms with van der Waals surface area (Å²) >= 11 is 1.27. The van der Waals surface area contributed by atoms with Crippen molar-refractivity contribution in [2.75, 3.05) is 11.1 Å². The maximum atomic E-state index is 13.7. The average molecular weight is 335 g/mol. The quantitative estimate of drug-likeness (QED) is 0.851. The molecule has 8 heteroatoms. The summed E-state index contributed by atoms with van der Waals surface area (Å²) in [7, 11) is 0. The predicted octanol–water partition coefficient (Wildman–Crippen LogP) is 2.97. The van der Waals surface area contributed by atoms with Gasteiger partial charge in [-0.05, 0) is 47.9 Å². The van der Waals surface area contributed by atoms with E-state index in [2.05, 4.69) is 20.8 Å². The van der Waals surface area contributed by atoms with E-state index in [0.29, 0.717) is 11.2 Å².